The van der Waals surface area contributed by atoms with Crippen LogP contribution in [0.5, 0.6) is 0 Å². The maximum absolute atomic E-state index is 16.9. The molecule has 0 aromatic heterocycles. The summed E-state index contributed by atoms with van der Waals surface area (Å²) in [4.78, 5) is 24.6. The lowest BCUT2D eigenvalue weighted by atomic mass is 9.44. The Labute approximate surface area is 173 Å². The van der Waals surface area contributed by atoms with E-state index < -0.39 is 34.1 Å². The number of rotatable bonds is 2. The monoisotopic (exact) mass is 454 g/mol. The zero-order chi connectivity index (χ0) is 20.7. The molecule has 154 valence electrons. The predicted molar refractivity (Wildman–Crippen MR) is 107 cm³/mol. The summed E-state index contributed by atoms with van der Waals surface area (Å²) < 4.78 is 16.9. The van der Waals surface area contributed by atoms with Crippen LogP contribution in [0.2, 0.25) is 0 Å². The SMILES string of the molecule is CC1C[C@H]2[C@@H]3CCC4=CC(=O)C=C[C@]4(C)[C@@]3(F)C(O)C[C@]2(C)[C@@]1(O)C(=O)CBr. The van der Waals surface area contributed by atoms with Gasteiger partial charge in [-0.25, -0.2) is 4.39 Å². The Bertz CT molecular complexity index is 808. The molecule has 0 radical (unpaired) electrons. The van der Waals surface area contributed by atoms with E-state index in [1.807, 2.05) is 13.8 Å². The third-order valence-electron chi connectivity index (χ3n) is 8.77. The van der Waals surface area contributed by atoms with E-state index in [2.05, 4.69) is 15.9 Å². The third-order valence-corrected chi connectivity index (χ3v) is 9.28. The summed E-state index contributed by atoms with van der Waals surface area (Å²) in [5.74, 6) is -1.45. The molecule has 6 heteroatoms. The highest BCUT2D eigenvalue weighted by atomic mass is 79.9. The Morgan fingerprint density at radius 1 is 1.36 bits per heavy atom. The van der Waals surface area contributed by atoms with Gasteiger partial charge in [0, 0.05) is 16.7 Å². The number of aliphatic hydroxyl groups is 2. The van der Waals surface area contributed by atoms with Crippen LogP contribution in [-0.2, 0) is 9.59 Å². The summed E-state index contributed by atoms with van der Waals surface area (Å²) in [6.07, 6.45) is 4.86. The first-order valence-electron chi connectivity index (χ1n) is 10.1. The fraction of sp³-hybridized carbons (Fsp3) is 0.727. The van der Waals surface area contributed by atoms with E-state index in [-0.39, 0.29) is 35.2 Å². The predicted octanol–water partition coefficient (Wildman–Crippen LogP) is 3.30. The number of carbonyl (C=O) groups excluding carboxylic acids is 2. The van der Waals surface area contributed by atoms with E-state index in [0.29, 0.717) is 19.3 Å². The van der Waals surface area contributed by atoms with Crippen molar-refractivity contribution in [1.29, 1.82) is 0 Å². The van der Waals surface area contributed by atoms with Gasteiger partial charge in [0.15, 0.2) is 17.2 Å². The number of ketones is 2. The van der Waals surface area contributed by atoms with Gasteiger partial charge in [0.1, 0.15) is 5.60 Å². The van der Waals surface area contributed by atoms with Gasteiger partial charge in [0.05, 0.1) is 11.4 Å². The average Bonchev–Trinajstić information content (AvgIpc) is 2.84. The Kier molecular flexibility index (Phi) is 4.44. The molecule has 3 saturated carbocycles. The van der Waals surface area contributed by atoms with Crippen molar-refractivity contribution in [3.63, 3.8) is 0 Å². The van der Waals surface area contributed by atoms with Gasteiger partial charge in [-0.2, -0.15) is 0 Å². The van der Waals surface area contributed by atoms with Gasteiger partial charge in [0.25, 0.3) is 0 Å². The second-order valence-electron chi connectivity index (χ2n) is 9.72. The molecule has 28 heavy (non-hydrogen) atoms. The molecule has 3 fully saturated rings. The van der Waals surface area contributed by atoms with Crippen LogP contribution in [0.15, 0.2) is 23.8 Å². The minimum atomic E-state index is -1.93. The molecular weight excluding hydrogens is 427 g/mol. The molecule has 2 N–H and O–H groups in total. The van der Waals surface area contributed by atoms with Crippen LogP contribution in [0.4, 0.5) is 4.39 Å². The Morgan fingerprint density at radius 3 is 2.68 bits per heavy atom. The summed E-state index contributed by atoms with van der Waals surface area (Å²) in [6.45, 7) is 5.47. The molecule has 0 saturated heterocycles. The molecule has 0 amide bonds. The highest BCUT2D eigenvalue weighted by molar-refractivity contribution is 9.09. The van der Waals surface area contributed by atoms with E-state index in [0.717, 1.165) is 5.57 Å². The van der Waals surface area contributed by atoms with Crippen molar-refractivity contribution in [2.45, 2.75) is 63.8 Å². The lowest BCUT2D eigenvalue weighted by Crippen LogP contribution is -2.69. The van der Waals surface area contributed by atoms with Crippen LogP contribution in [0.25, 0.3) is 0 Å². The maximum Gasteiger partial charge on any atom is 0.178 e. The Morgan fingerprint density at radius 2 is 2.04 bits per heavy atom. The summed E-state index contributed by atoms with van der Waals surface area (Å²) in [7, 11) is 0. The summed E-state index contributed by atoms with van der Waals surface area (Å²) in [6, 6.07) is 0. The normalized spacial score (nSPS) is 52.5. The molecule has 0 aromatic rings. The van der Waals surface area contributed by atoms with Crippen molar-refractivity contribution in [2.75, 3.05) is 5.33 Å². The molecule has 8 atom stereocenters. The van der Waals surface area contributed by atoms with Crippen molar-refractivity contribution in [1.82, 2.24) is 0 Å². The minimum absolute atomic E-state index is 0.0227. The van der Waals surface area contributed by atoms with E-state index in [1.54, 1.807) is 13.0 Å². The molecule has 0 spiro atoms. The fourth-order valence-corrected chi connectivity index (χ4v) is 7.67. The number of allylic oxidation sites excluding steroid dienone is 4. The number of fused-ring (bicyclic) bond motifs is 5. The van der Waals surface area contributed by atoms with E-state index >= 15 is 4.39 Å². The fourth-order valence-electron chi connectivity index (χ4n) is 7.24. The Hall–Kier alpha value is -0.850. The number of halogens is 2. The summed E-state index contributed by atoms with van der Waals surface area (Å²) >= 11 is 3.19. The number of hydrogen-bond donors (Lipinski definition) is 2. The number of alkyl halides is 2. The minimum Gasteiger partial charge on any atom is -0.390 e. The van der Waals surface area contributed by atoms with E-state index in [1.165, 1.54) is 12.2 Å². The van der Waals surface area contributed by atoms with Gasteiger partial charge in [-0.05, 0) is 56.6 Å². The number of hydrogen-bond acceptors (Lipinski definition) is 4. The van der Waals surface area contributed by atoms with E-state index in [9.17, 15) is 19.8 Å². The zero-order valence-corrected chi connectivity index (χ0v) is 18.1. The first kappa shape index (κ1) is 20.4. The highest BCUT2D eigenvalue weighted by Crippen LogP contribution is 2.70. The second kappa shape index (κ2) is 6.08. The highest BCUT2D eigenvalue weighted by Gasteiger charge is 2.75. The Balaban J connectivity index is 1.84. The van der Waals surface area contributed by atoms with Crippen LogP contribution < -0.4 is 0 Å². The van der Waals surface area contributed by atoms with Crippen molar-refractivity contribution >= 4 is 27.5 Å². The summed E-state index contributed by atoms with van der Waals surface area (Å²) in [5, 5.41) is 22.7. The largest absolute Gasteiger partial charge is 0.390 e. The second-order valence-corrected chi connectivity index (χ2v) is 10.3. The quantitative estimate of drug-likeness (QED) is 0.627. The zero-order valence-electron chi connectivity index (χ0n) is 16.5. The van der Waals surface area contributed by atoms with Crippen molar-refractivity contribution in [3.05, 3.63) is 23.8 Å². The van der Waals surface area contributed by atoms with Crippen LogP contribution in [-0.4, -0.2) is 44.5 Å². The topological polar surface area (TPSA) is 74.6 Å². The number of aliphatic hydroxyl groups excluding tert-OH is 1. The lowest BCUT2D eigenvalue weighted by Gasteiger charge is -2.62. The first-order chi connectivity index (χ1) is 13.0. The van der Waals surface area contributed by atoms with Crippen LogP contribution in [0.3, 0.4) is 0 Å². The molecule has 0 bridgehead atoms. The lowest BCUT2D eigenvalue weighted by molar-refractivity contribution is -0.218. The first-order valence-corrected chi connectivity index (χ1v) is 11.2. The molecule has 4 rings (SSSR count). The van der Waals surface area contributed by atoms with Gasteiger partial charge in [-0.1, -0.05) is 41.4 Å². The van der Waals surface area contributed by atoms with Gasteiger partial charge >= 0.3 is 0 Å². The van der Waals surface area contributed by atoms with Gasteiger partial charge in [0.2, 0.25) is 0 Å². The van der Waals surface area contributed by atoms with Crippen molar-refractivity contribution < 1.29 is 24.2 Å². The molecule has 0 aromatic carbocycles. The van der Waals surface area contributed by atoms with Crippen LogP contribution in [0.1, 0.15) is 46.5 Å². The molecule has 2 unspecified atom stereocenters. The van der Waals surface area contributed by atoms with Gasteiger partial charge in [-0.15, -0.1) is 0 Å². The standard InChI is InChI=1S/C22H28BrFO4/c1-12-8-16-15-5-4-13-9-14(25)6-7-19(13,2)21(15,24)17(26)10-20(16,3)22(12,28)18(27)11-23/h6-7,9,12,15-17,26,28H,4-5,8,10-11H2,1-3H3/t12?,15-,16-,17?,19-,20-,21-,22-/m0/s1. The number of Topliss-reactive ketones (excluding diaryl/α,β-unsaturated/α-hetero) is 1. The molecule has 0 aliphatic heterocycles. The molecule has 0 heterocycles. The molecule has 4 aliphatic rings. The smallest absolute Gasteiger partial charge is 0.178 e. The van der Waals surface area contributed by atoms with Gasteiger partial charge < -0.3 is 10.2 Å². The number of carbonyl (C=O) groups is 2. The van der Waals surface area contributed by atoms with Crippen LogP contribution in [0, 0.1) is 28.6 Å². The molecular formula is C22H28BrFO4. The van der Waals surface area contributed by atoms with Crippen LogP contribution >= 0.6 is 15.9 Å². The van der Waals surface area contributed by atoms with E-state index in [4.69, 9.17) is 0 Å². The van der Waals surface area contributed by atoms with Crippen molar-refractivity contribution in [2.24, 2.45) is 28.6 Å². The van der Waals surface area contributed by atoms with Crippen molar-refractivity contribution in [3.8, 4) is 0 Å². The third kappa shape index (κ3) is 2.12. The maximum atomic E-state index is 16.9. The average molecular weight is 455 g/mol. The summed E-state index contributed by atoms with van der Waals surface area (Å²) in [5.41, 5.74) is -4.71. The molecule has 4 nitrogen and oxygen atoms in total. The van der Waals surface area contributed by atoms with Gasteiger partial charge in [-0.3, -0.25) is 9.59 Å². The molecule has 4 aliphatic carbocycles.